The normalized spacial score (nSPS) is 1.20. The second-order valence-corrected chi connectivity index (χ2v) is 0. The van der Waals surface area contributed by atoms with Crippen LogP contribution in [-0.4, -0.2) is 33.0 Å². The molecule has 1 nitrogen and oxygen atoms in total. The first-order valence-electron chi connectivity index (χ1n) is 0.408. The SMILES string of the molecule is C[O-].[Br-].[Br-].[In+3]. The molecule has 0 aromatic carbocycles. The van der Waals surface area contributed by atoms with E-state index in [0.29, 0.717) is 0 Å². The molecule has 0 N–H and O–H groups in total. The minimum absolute atomic E-state index is 0. The maximum Gasteiger partial charge on any atom is 3.00 e. The van der Waals surface area contributed by atoms with E-state index in [1.807, 2.05) is 0 Å². The quantitative estimate of drug-likeness (QED) is 0.436. The average Bonchev–Trinajstić information content (AvgIpc) is 1.00. The predicted octanol–water partition coefficient (Wildman–Crippen LogP) is -7.40. The van der Waals surface area contributed by atoms with Crippen molar-refractivity contribution in [1.82, 2.24) is 0 Å². The van der Waals surface area contributed by atoms with E-state index in [9.17, 15) is 0 Å². The van der Waals surface area contributed by atoms with Gasteiger partial charge in [-0.25, -0.2) is 0 Å². The van der Waals surface area contributed by atoms with E-state index in [0.717, 1.165) is 7.11 Å². The smallest absolute Gasteiger partial charge is 1.00 e. The Morgan fingerprint density at radius 2 is 1.00 bits per heavy atom. The van der Waals surface area contributed by atoms with Gasteiger partial charge in [-0.05, 0) is 0 Å². The van der Waals surface area contributed by atoms with Gasteiger partial charge in [0.25, 0.3) is 0 Å². The summed E-state index contributed by atoms with van der Waals surface area (Å²) in [6, 6.07) is 0. The third-order valence-electron chi connectivity index (χ3n) is 0. The zero-order valence-corrected chi connectivity index (χ0v) is 9.21. The Morgan fingerprint density at radius 3 is 1.00 bits per heavy atom. The summed E-state index contributed by atoms with van der Waals surface area (Å²) in [6.45, 7) is 0. The summed E-state index contributed by atoms with van der Waals surface area (Å²) in [5, 5.41) is 8.25. The molecule has 5 heavy (non-hydrogen) atoms. The van der Waals surface area contributed by atoms with Crippen LogP contribution in [0.15, 0.2) is 0 Å². The molecular weight excluding hydrogens is 303 g/mol. The molecule has 30 valence electrons. The van der Waals surface area contributed by atoms with Crippen molar-refractivity contribution in [3.63, 3.8) is 0 Å². The summed E-state index contributed by atoms with van der Waals surface area (Å²) in [5.74, 6) is 0. The first kappa shape index (κ1) is 29.2. The van der Waals surface area contributed by atoms with Crippen LogP contribution in [-0.2, 0) is 0 Å². The van der Waals surface area contributed by atoms with Gasteiger partial charge in [-0.1, -0.05) is 0 Å². The molecule has 0 saturated heterocycles. The van der Waals surface area contributed by atoms with Crippen LogP contribution >= 0.6 is 0 Å². The van der Waals surface area contributed by atoms with Gasteiger partial charge in [-0.3, -0.25) is 0 Å². The van der Waals surface area contributed by atoms with Crippen molar-refractivity contribution >= 4 is 25.8 Å². The molecule has 0 fully saturated rings. The molecule has 0 aromatic rings. The van der Waals surface area contributed by atoms with Crippen molar-refractivity contribution in [2.75, 3.05) is 7.11 Å². The Bertz CT molecular complexity index is 9.61. The van der Waals surface area contributed by atoms with Crippen LogP contribution < -0.4 is 39.1 Å². The Labute approximate surface area is 71.5 Å². The molecule has 0 aliphatic rings. The molecule has 0 aliphatic heterocycles. The van der Waals surface area contributed by atoms with E-state index >= 15 is 0 Å². The van der Waals surface area contributed by atoms with Crippen molar-refractivity contribution in [3.05, 3.63) is 0 Å². The van der Waals surface area contributed by atoms with Crippen molar-refractivity contribution in [3.8, 4) is 0 Å². The van der Waals surface area contributed by atoms with Gasteiger partial charge in [0.2, 0.25) is 0 Å². The maximum absolute atomic E-state index is 8.25. The van der Waals surface area contributed by atoms with Gasteiger partial charge < -0.3 is 39.1 Å². The second-order valence-electron chi connectivity index (χ2n) is 0. The molecule has 4 heteroatoms. The summed E-state index contributed by atoms with van der Waals surface area (Å²) in [6.07, 6.45) is 0. The second kappa shape index (κ2) is 41.5. The van der Waals surface area contributed by atoms with Gasteiger partial charge in [0.05, 0.1) is 0 Å². The monoisotopic (exact) mass is 304 g/mol. The fourth-order valence-corrected chi connectivity index (χ4v) is 0. The number of rotatable bonds is 0. The zero-order chi connectivity index (χ0) is 2.00. The summed E-state index contributed by atoms with van der Waals surface area (Å²) in [5.41, 5.74) is 0. The van der Waals surface area contributed by atoms with Crippen molar-refractivity contribution in [2.45, 2.75) is 0 Å². The number of hydrogen-bond donors (Lipinski definition) is 0. The number of halogens is 2. The minimum Gasteiger partial charge on any atom is -1.00 e. The van der Waals surface area contributed by atoms with E-state index in [1.165, 1.54) is 0 Å². The first-order chi connectivity index (χ1) is 1.00. The summed E-state index contributed by atoms with van der Waals surface area (Å²) in [4.78, 5) is 0. The van der Waals surface area contributed by atoms with Gasteiger partial charge in [0, 0.05) is 0 Å². The largest absolute Gasteiger partial charge is 3.00 e. The molecule has 0 heterocycles. The van der Waals surface area contributed by atoms with E-state index in [1.54, 1.807) is 0 Å². The summed E-state index contributed by atoms with van der Waals surface area (Å²) >= 11 is 0. The minimum atomic E-state index is 0. The molecule has 0 bridgehead atoms. The van der Waals surface area contributed by atoms with Crippen molar-refractivity contribution < 1.29 is 39.1 Å². The van der Waals surface area contributed by atoms with Crippen LogP contribution in [0, 0.1) is 0 Å². The Hall–Kier alpha value is 1.79. The Kier molecular flexibility index (Phi) is 242. The summed E-state index contributed by atoms with van der Waals surface area (Å²) in [7, 11) is 0.750. The average molecular weight is 306 g/mol. The van der Waals surface area contributed by atoms with Crippen LogP contribution in [0.3, 0.4) is 0 Å². The van der Waals surface area contributed by atoms with E-state index < -0.39 is 0 Å². The summed E-state index contributed by atoms with van der Waals surface area (Å²) < 4.78 is 0. The number of hydrogen-bond acceptors (Lipinski definition) is 1. The van der Waals surface area contributed by atoms with Crippen LogP contribution in [0.4, 0.5) is 0 Å². The van der Waals surface area contributed by atoms with Gasteiger partial charge >= 0.3 is 25.8 Å². The standard InChI is InChI=1S/CH3O.2BrH.In/c1-2;;;/h1H3;2*1H;/q-1;;;+3/p-2. The van der Waals surface area contributed by atoms with Crippen molar-refractivity contribution in [2.24, 2.45) is 0 Å². The maximum atomic E-state index is 8.25. The molecule has 0 saturated carbocycles. The van der Waals surface area contributed by atoms with Crippen LogP contribution in [0.1, 0.15) is 0 Å². The van der Waals surface area contributed by atoms with Gasteiger partial charge in [0.1, 0.15) is 0 Å². The Morgan fingerprint density at radius 1 is 1.00 bits per heavy atom. The molecule has 0 unspecified atom stereocenters. The van der Waals surface area contributed by atoms with Crippen LogP contribution in [0.5, 0.6) is 0 Å². The van der Waals surface area contributed by atoms with Crippen LogP contribution in [0.25, 0.3) is 0 Å². The topological polar surface area (TPSA) is 23.1 Å². The third-order valence-corrected chi connectivity index (χ3v) is 0. The van der Waals surface area contributed by atoms with Gasteiger partial charge in [0.15, 0.2) is 0 Å². The van der Waals surface area contributed by atoms with Gasteiger partial charge in [-0.15, -0.1) is 0 Å². The van der Waals surface area contributed by atoms with Crippen molar-refractivity contribution in [1.29, 1.82) is 0 Å². The fourth-order valence-electron chi connectivity index (χ4n) is 0. The molecule has 0 radical (unpaired) electrons. The van der Waals surface area contributed by atoms with E-state index in [-0.39, 0.29) is 59.8 Å². The van der Waals surface area contributed by atoms with Gasteiger partial charge in [-0.2, -0.15) is 7.11 Å². The first-order valence-corrected chi connectivity index (χ1v) is 0.408. The fraction of sp³-hybridized carbons (Fsp3) is 1.00. The zero-order valence-electron chi connectivity index (χ0n) is 2.74. The molecule has 0 spiro atoms. The Balaban J connectivity index is -0.00000000167. The van der Waals surface area contributed by atoms with E-state index in [2.05, 4.69) is 0 Å². The predicted molar refractivity (Wildman–Crippen MR) is 11.7 cm³/mol. The molecule has 0 rings (SSSR count). The molecule has 0 aromatic heterocycles. The van der Waals surface area contributed by atoms with Crippen LogP contribution in [0.2, 0.25) is 0 Å². The molecular formula is CH3Br2InO. The molecule has 0 amide bonds. The van der Waals surface area contributed by atoms with E-state index in [4.69, 9.17) is 5.11 Å². The molecule has 0 aliphatic carbocycles. The molecule has 0 atom stereocenters. The third kappa shape index (κ3) is 26.0.